The molecule has 0 aliphatic heterocycles. The van der Waals surface area contributed by atoms with Crippen LogP contribution in [-0.4, -0.2) is 33.5 Å². The Bertz CT molecular complexity index is 869. The summed E-state index contributed by atoms with van der Waals surface area (Å²) < 4.78 is 10.8. The highest BCUT2D eigenvalue weighted by Crippen LogP contribution is 2.24. The predicted molar refractivity (Wildman–Crippen MR) is 142 cm³/mol. The third kappa shape index (κ3) is 13.5. The van der Waals surface area contributed by atoms with Crippen LogP contribution in [0.15, 0.2) is 91.0 Å². The van der Waals surface area contributed by atoms with Crippen molar-refractivity contribution < 1.29 is 29.2 Å². The van der Waals surface area contributed by atoms with Gasteiger partial charge in [-0.25, -0.2) is 4.79 Å². The summed E-state index contributed by atoms with van der Waals surface area (Å²) in [5.41, 5.74) is 0.331. The van der Waals surface area contributed by atoms with Crippen LogP contribution in [0, 0.1) is 5.92 Å². The van der Waals surface area contributed by atoms with Crippen LogP contribution in [0.25, 0.3) is 0 Å². The summed E-state index contributed by atoms with van der Waals surface area (Å²) in [4.78, 5) is 10.2. The summed E-state index contributed by atoms with van der Waals surface area (Å²) in [6.07, 6.45) is 1.80. The Morgan fingerprint density at radius 1 is 0.771 bits per heavy atom. The fraction of sp³-hybridized carbons (Fsp3) is 0.321. The maximum atomic E-state index is 10.2. The first-order valence-electron chi connectivity index (χ1n) is 11.7. The van der Waals surface area contributed by atoms with E-state index in [1.54, 1.807) is 30.3 Å². The second kappa shape index (κ2) is 18.4. The molecule has 0 amide bonds. The van der Waals surface area contributed by atoms with Crippen LogP contribution in [0.2, 0.25) is 0 Å². The Kier molecular flexibility index (Phi) is 15.8. The molecule has 7 heteroatoms. The Balaban J connectivity index is 0.000000273. The number of para-hydroxylation sites is 2. The van der Waals surface area contributed by atoms with Crippen molar-refractivity contribution in [2.45, 2.75) is 52.2 Å². The lowest BCUT2D eigenvalue weighted by Gasteiger charge is -2.22. The van der Waals surface area contributed by atoms with E-state index in [9.17, 15) is 15.0 Å². The van der Waals surface area contributed by atoms with Gasteiger partial charge in [-0.2, -0.15) is 0 Å². The topological polar surface area (TPSA) is 96.2 Å². The molecule has 3 aromatic rings. The number of hydrogen-bond donors (Lipinski definition) is 3. The van der Waals surface area contributed by atoms with E-state index in [2.05, 4.69) is 0 Å². The second-order valence-electron chi connectivity index (χ2n) is 7.78. The van der Waals surface area contributed by atoms with E-state index in [-0.39, 0.29) is 27.2 Å². The molecular weight excluding hydrogens is 463 g/mol. The minimum atomic E-state index is -0.879. The van der Waals surface area contributed by atoms with Crippen molar-refractivity contribution in [1.29, 1.82) is 0 Å². The van der Waals surface area contributed by atoms with Gasteiger partial charge in [-0.3, -0.25) is 0 Å². The zero-order chi connectivity index (χ0) is 25.9. The number of benzene rings is 3. The number of aliphatic hydroxyl groups excluding tert-OH is 2. The van der Waals surface area contributed by atoms with Crippen LogP contribution in [0.3, 0.4) is 0 Å². The molecule has 3 aromatic carbocycles. The molecule has 0 aliphatic rings. The van der Waals surface area contributed by atoms with E-state index in [1.165, 1.54) is 0 Å². The zero-order valence-electron chi connectivity index (χ0n) is 20.6. The fourth-order valence-corrected chi connectivity index (χ4v) is 3.37. The number of aliphatic hydroxyl groups is 2. The Labute approximate surface area is 210 Å². The highest BCUT2D eigenvalue weighted by Gasteiger charge is 2.19. The third-order valence-electron chi connectivity index (χ3n) is 5.04. The lowest BCUT2D eigenvalue weighted by Crippen LogP contribution is -2.28. The lowest BCUT2D eigenvalue weighted by molar-refractivity contribution is 0.0159. The normalized spacial score (nSPS) is 12.5. The van der Waals surface area contributed by atoms with Gasteiger partial charge in [0.1, 0.15) is 11.5 Å². The highest BCUT2D eigenvalue weighted by molar-refractivity contribution is 7.27. The molecule has 0 saturated carbocycles. The van der Waals surface area contributed by atoms with Gasteiger partial charge in [0.15, 0.2) is 0 Å². The minimum Gasteiger partial charge on any atom is -0.478 e. The van der Waals surface area contributed by atoms with E-state index in [0.29, 0.717) is 5.56 Å². The first-order chi connectivity index (χ1) is 16.9. The Morgan fingerprint density at radius 2 is 1.20 bits per heavy atom. The maximum absolute atomic E-state index is 10.2. The van der Waals surface area contributed by atoms with Crippen molar-refractivity contribution in [3.8, 4) is 11.5 Å². The van der Waals surface area contributed by atoms with Crippen LogP contribution in [-0.2, 0) is 0 Å². The van der Waals surface area contributed by atoms with Crippen molar-refractivity contribution in [2.75, 3.05) is 0 Å². The Morgan fingerprint density at radius 3 is 1.54 bits per heavy atom. The van der Waals surface area contributed by atoms with E-state index in [1.807, 2.05) is 81.4 Å². The van der Waals surface area contributed by atoms with Crippen molar-refractivity contribution in [3.05, 3.63) is 96.6 Å². The van der Waals surface area contributed by atoms with Gasteiger partial charge < -0.3 is 24.4 Å². The summed E-state index contributed by atoms with van der Waals surface area (Å²) in [5.74, 6) is 0.786. The molecule has 3 N–H and O–H groups in total. The number of carbonyl (C=O) groups is 1. The van der Waals surface area contributed by atoms with Crippen molar-refractivity contribution in [3.63, 3.8) is 0 Å². The average molecular weight is 501 g/mol. The molecule has 0 radical (unpaired) electrons. The monoisotopic (exact) mass is 500 g/mol. The SMILES string of the molecule is CCCC(O)C(C)C(O)CC.O=C(O)c1ccccc1.c1ccc(OPOc2ccccc2)cc1. The Hall–Kier alpha value is -2.92. The van der Waals surface area contributed by atoms with E-state index >= 15 is 0 Å². The van der Waals surface area contributed by atoms with Gasteiger partial charge in [-0.05, 0) is 49.2 Å². The highest BCUT2D eigenvalue weighted by atomic mass is 31.1. The summed E-state index contributed by atoms with van der Waals surface area (Å²) in [6.45, 7) is 5.86. The molecule has 0 aliphatic carbocycles. The predicted octanol–water partition coefficient (Wildman–Crippen LogP) is 6.59. The van der Waals surface area contributed by atoms with Gasteiger partial charge in [0.2, 0.25) is 0 Å². The molecule has 3 unspecified atom stereocenters. The van der Waals surface area contributed by atoms with Crippen molar-refractivity contribution >= 4 is 15.0 Å². The standard InChI is InChI=1S/C12H11O2P.C9H20O2.C7H6O2/c1-3-7-11(8-4-1)13-15-14-12-9-5-2-6-10-12;1-4-6-9(11)7(3)8(10)5-2;8-7(9)6-4-2-1-3-5-6/h1-10,15H;7-11H,4-6H2,1-3H3;1-5H,(H,8,9). The summed E-state index contributed by atoms with van der Waals surface area (Å²) in [7, 11) is -0.0129. The molecule has 190 valence electrons. The van der Waals surface area contributed by atoms with Crippen LogP contribution in [0.1, 0.15) is 50.4 Å². The number of aromatic carboxylic acids is 1. The number of carboxylic acid groups (broad SMARTS) is 1. The second-order valence-corrected chi connectivity index (χ2v) is 8.35. The summed E-state index contributed by atoms with van der Waals surface area (Å²) in [6, 6.07) is 27.5. The van der Waals surface area contributed by atoms with Crippen LogP contribution in [0.5, 0.6) is 11.5 Å². The summed E-state index contributed by atoms with van der Waals surface area (Å²) >= 11 is 0. The van der Waals surface area contributed by atoms with Gasteiger partial charge in [-0.1, -0.05) is 81.8 Å². The smallest absolute Gasteiger partial charge is 0.335 e. The molecule has 3 atom stereocenters. The van der Waals surface area contributed by atoms with Crippen LogP contribution >= 0.6 is 9.03 Å². The largest absolute Gasteiger partial charge is 0.478 e. The van der Waals surface area contributed by atoms with E-state index in [4.69, 9.17) is 14.2 Å². The molecule has 35 heavy (non-hydrogen) atoms. The molecule has 0 spiro atoms. The molecule has 6 nitrogen and oxygen atoms in total. The molecule has 0 aromatic heterocycles. The van der Waals surface area contributed by atoms with Gasteiger partial charge in [0.05, 0.1) is 17.8 Å². The number of rotatable bonds is 10. The van der Waals surface area contributed by atoms with Gasteiger partial charge in [0.25, 0.3) is 9.03 Å². The fourth-order valence-electron chi connectivity index (χ4n) is 2.86. The van der Waals surface area contributed by atoms with E-state index in [0.717, 1.165) is 30.8 Å². The van der Waals surface area contributed by atoms with Gasteiger partial charge in [-0.15, -0.1) is 0 Å². The van der Waals surface area contributed by atoms with Crippen LogP contribution in [0.4, 0.5) is 0 Å². The van der Waals surface area contributed by atoms with Gasteiger partial charge in [0, 0.05) is 5.92 Å². The van der Waals surface area contributed by atoms with Crippen LogP contribution < -0.4 is 9.05 Å². The first-order valence-corrected chi connectivity index (χ1v) is 12.5. The quantitative estimate of drug-likeness (QED) is 0.272. The summed E-state index contributed by atoms with van der Waals surface area (Å²) in [5, 5.41) is 27.2. The number of hydrogen-bond acceptors (Lipinski definition) is 5. The first kappa shape index (κ1) is 30.1. The minimum absolute atomic E-state index is 0.0129. The van der Waals surface area contributed by atoms with Gasteiger partial charge >= 0.3 is 5.97 Å². The third-order valence-corrected chi connectivity index (χ3v) is 5.68. The molecule has 0 bridgehead atoms. The van der Waals surface area contributed by atoms with Crippen molar-refractivity contribution in [2.24, 2.45) is 5.92 Å². The molecule has 3 rings (SSSR count). The molecule has 0 saturated heterocycles. The number of carboxylic acids is 1. The molecule has 0 fully saturated rings. The molecule has 0 heterocycles. The lowest BCUT2D eigenvalue weighted by atomic mass is 9.94. The zero-order valence-corrected chi connectivity index (χ0v) is 21.6. The van der Waals surface area contributed by atoms with Crippen molar-refractivity contribution in [1.82, 2.24) is 0 Å². The average Bonchev–Trinajstić information content (AvgIpc) is 2.90. The molecular formula is C28H37O6P. The maximum Gasteiger partial charge on any atom is 0.335 e. The van der Waals surface area contributed by atoms with E-state index < -0.39 is 5.97 Å².